The summed E-state index contributed by atoms with van der Waals surface area (Å²) in [6, 6.07) is 10.9. The van der Waals surface area contributed by atoms with E-state index in [0.717, 1.165) is 47.6 Å². The third-order valence-electron chi connectivity index (χ3n) is 5.07. The molecule has 6 nitrogen and oxygen atoms in total. The number of anilines is 2. The number of carbonyl (C=O) groups is 1. The minimum atomic E-state index is -0.303. The second-order valence-corrected chi connectivity index (χ2v) is 8.56. The average molecular weight is 446 g/mol. The van der Waals surface area contributed by atoms with E-state index >= 15 is 0 Å². The molecule has 2 heterocycles. The van der Waals surface area contributed by atoms with Gasteiger partial charge in [-0.25, -0.2) is 0 Å². The van der Waals surface area contributed by atoms with Gasteiger partial charge in [0, 0.05) is 24.3 Å². The molecule has 0 atom stereocenters. The second kappa shape index (κ2) is 8.61. The van der Waals surface area contributed by atoms with Crippen molar-refractivity contribution in [1.82, 2.24) is 14.1 Å². The van der Waals surface area contributed by atoms with E-state index in [9.17, 15) is 4.79 Å². The summed E-state index contributed by atoms with van der Waals surface area (Å²) >= 11 is 12.9. The molecule has 3 aromatic rings. The van der Waals surface area contributed by atoms with E-state index in [0.29, 0.717) is 16.1 Å². The van der Waals surface area contributed by atoms with Crippen molar-refractivity contribution in [1.29, 1.82) is 0 Å². The Bertz CT molecular complexity index is 1060. The summed E-state index contributed by atoms with van der Waals surface area (Å²) in [6.07, 6.45) is 2.35. The Labute approximate surface area is 183 Å². The number of aromatic nitrogens is 2. The van der Waals surface area contributed by atoms with Gasteiger partial charge in [0.15, 0.2) is 5.11 Å². The molecular formula is C20H20ClN5OS2. The molecule has 2 N–H and O–H groups in total. The van der Waals surface area contributed by atoms with Crippen LogP contribution in [0.15, 0.2) is 36.4 Å². The van der Waals surface area contributed by atoms with Crippen molar-refractivity contribution in [3.63, 3.8) is 0 Å². The standard InChI is InChI=1S/C20H20ClN5OS2/c1-12-6-8-26(9-7-12)18-5-3-14(11-15(18)21)22-20(28)23-19(27)13-2-4-16-17(10-13)25-29-24-16/h2-5,10-12H,6-9H2,1H3,(H2,22,23,27,28). The van der Waals surface area contributed by atoms with E-state index in [1.54, 1.807) is 18.2 Å². The van der Waals surface area contributed by atoms with Crippen LogP contribution in [0.25, 0.3) is 11.0 Å². The van der Waals surface area contributed by atoms with Crippen molar-refractivity contribution in [2.45, 2.75) is 19.8 Å². The molecule has 9 heteroatoms. The molecule has 2 aromatic carbocycles. The molecule has 150 valence electrons. The Kier molecular flexibility index (Phi) is 5.94. The highest BCUT2D eigenvalue weighted by Crippen LogP contribution is 2.31. The Balaban J connectivity index is 1.38. The molecule has 4 rings (SSSR count). The van der Waals surface area contributed by atoms with Crippen molar-refractivity contribution >= 4 is 69.0 Å². The van der Waals surface area contributed by atoms with Gasteiger partial charge in [0.25, 0.3) is 5.91 Å². The molecule has 0 spiro atoms. The largest absolute Gasteiger partial charge is 0.370 e. The maximum atomic E-state index is 12.4. The maximum absolute atomic E-state index is 12.4. The maximum Gasteiger partial charge on any atom is 0.257 e. The van der Waals surface area contributed by atoms with Crippen LogP contribution in [-0.2, 0) is 0 Å². The van der Waals surface area contributed by atoms with Gasteiger partial charge in [-0.15, -0.1) is 0 Å². The minimum Gasteiger partial charge on any atom is -0.370 e. The first-order valence-corrected chi connectivity index (χ1v) is 10.9. The highest BCUT2D eigenvalue weighted by molar-refractivity contribution is 7.80. The van der Waals surface area contributed by atoms with Crippen molar-refractivity contribution in [2.24, 2.45) is 5.92 Å². The van der Waals surface area contributed by atoms with Gasteiger partial charge >= 0.3 is 0 Å². The smallest absolute Gasteiger partial charge is 0.257 e. The summed E-state index contributed by atoms with van der Waals surface area (Å²) in [5.41, 5.74) is 3.70. The van der Waals surface area contributed by atoms with Crippen molar-refractivity contribution in [3.05, 3.63) is 47.0 Å². The summed E-state index contributed by atoms with van der Waals surface area (Å²) in [4.78, 5) is 14.8. The molecule has 1 aliphatic rings. The SMILES string of the molecule is CC1CCN(c2ccc(NC(=S)NC(=O)c3ccc4nsnc4c3)cc2Cl)CC1. The third-order valence-corrected chi connectivity index (χ3v) is 6.14. The van der Waals surface area contributed by atoms with Gasteiger partial charge < -0.3 is 10.2 Å². The molecule has 0 radical (unpaired) electrons. The number of amides is 1. The van der Waals surface area contributed by atoms with E-state index < -0.39 is 0 Å². The van der Waals surface area contributed by atoms with Crippen LogP contribution in [0.3, 0.4) is 0 Å². The van der Waals surface area contributed by atoms with Crippen LogP contribution in [-0.4, -0.2) is 32.9 Å². The van der Waals surface area contributed by atoms with Gasteiger partial charge in [0.2, 0.25) is 0 Å². The first kappa shape index (κ1) is 20.0. The predicted octanol–water partition coefficient (Wildman–Crippen LogP) is 4.71. The van der Waals surface area contributed by atoms with Crippen LogP contribution in [0.2, 0.25) is 5.02 Å². The number of halogens is 1. The van der Waals surface area contributed by atoms with Crippen LogP contribution < -0.4 is 15.5 Å². The molecule has 0 aliphatic carbocycles. The number of hydrogen-bond donors (Lipinski definition) is 2. The van der Waals surface area contributed by atoms with Crippen LogP contribution in [0.5, 0.6) is 0 Å². The van der Waals surface area contributed by atoms with E-state index in [4.69, 9.17) is 23.8 Å². The van der Waals surface area contributed by atoms with Gasteiger partial charge in [-0.1, -0.05) is 18.5 Å². The molecular weight excluding hydrogens is 426 g/mol. The monoisotopic (exact) mass is 445 g/mol. The summed E-state index contributed by atoms with van der Waals surface area (Å²) in [6.45, 7) is 4.31. The second-order valence-electron chi connectivity index (χ2n) is 7.21. The molecule has 0 bridgehead atoms. The lowest BCUT2D eigenvalue weighted by Crippen LogP contribution is -2.34. The summed E-state index contributed by atoms with van der Waals surface area (Å²) in [5, 5.41) is 6.59. The normalized spacial score (nSPS) is 14.8. The lowest BCUT2D eigenvalue weighted by atomic mass is 9.99. The zero-order chi connectivity index (χ0) is 20.4. The number of piperidine rings is 1. The van der Waals surface area contributed by atoms with Gasteiger partial charge in [-0.05, 0) is 67.4 Å². The van der Waals surface area contributed by atoms with Gasteiger partial charge in [0.05, 0.1) is 22.4 Å². The molecule has 1 aliphatic heterocycles. The summed E-state index contributed by atoms with van der Waals surface area (Å²) in [5.74, 6) is 0.460. The van der Waals surface area contributed by atoms with E-state index in [1.165, 1.54) is 12.8 Å². The number of rotatable bonds is 3. The van der Waals surface area contributed by atoms with E-state index in [-0.39, 0.29) is 11.0 Å². The molecule has 0 saturated carbocycles. The Morgan fingerprint density at radius 1 is 1.17 bits per heavy atom. The zero-order valence-electron chi connectivity index (χ0n) is 15.8. The lowest BCUT2D eigenvalue weighted by Gasteiger charge is -2.32. The Morgan fingerprint density at radius 3 is 2.69 bits per heavy atom. The number of thiocarbonyl (C=S) groups is 1. The summed E-state index contributed by atoms with van der Waals surface area (Å²) < 4.78 is 8.29. The third kappa shape index (κ3) is 4.66. The number of benzene rings is 2. The van der Waals surface area contributed by atoms with Crippen molar-refractivity contribution in [2.75, 3.05) is 23.3 Å². The molecule has 1 amide bonds. The zero-order valence-corrected chi connectivity index (χ0v) is 18.2. The number of nitrogens with zero attached hydrogens (tertiary/aromatic N) is 3. The van der Waals surface area contributed by atoms with Gasteiger partial charge in [0.1, 0.15) is 11.0 Å². The van der Waals surface area contributed by atoms with Crippen LogP contribution in [0, 0.1) is 5.92 Å². The number of fused-ring (bicyclic) bond motifs is 1. The molecule has 1 saturated heterocycles. The van der Waals surface area contributed by atoms with Crippen LogP contribution in [0.4, 0.5) is 11.4 Å². The molecule has 0 unspecified atom stereocenters. The van der Waals surface area contributed by atoms with E-state index in [1.807, 2.05) is 18.2 Å². The van der Waals surface area contributed by atoms with Gasteiger partial charge in [-0.2, -0.15) is 8.75 Å². The average Bonchev–Trinajstić information content (AvgIpc) is 3.17. The number of hydrogen-bond acceptors (Lipinski definition) is 6. The first-order valence-electron chi connectivity index (χ1n) is 9.39. The van der Waals surface area contributed by atoms with E-state index in [2.05, 4.69) is 31.2 Å². The molecule has 1 aromatic heterocycles. The topological polar surface area (TPSA) is 70.2 Å². The first-order chi connectivity index (χ1) is 14.0. The fraction of sp³-hybridized carbons (Fsp3) is 0.300. The molecule has 29 heavy (non-hydrogen) atoms. The highest BCUT2D eigenvalue weighted by Gasteiger charge is 2.18. The van der Waals surface area contributed by atoms with Crippen LogP contribution >= 0.6 is 35.5 Å². The Hall–Kier alpha value is -2.29. The number of carbonyl (C=O) groups excluding carboxylic acids is 1. The minimum absolute atomic E-state index is 0.210. The number of nitrogens with one attached hydrogen (secondary N) is 2. The lowest BCUT2D eigenvalue weighted by molar-refractivity contribution is 0.0978. The van der Waals surface area contributed by atoms with Crippen molar-refractivity contribution in [3.8, 4) is 0 Å². The fourth-order valence-corrected chi connectivity index (χ4v) is 4.38. The van der Waals surface area contributed by atoms with Gasteiger partial charge in [-0.3, -0.25) is 10.1 Å². The summed E-state index contributed by atoms with van der Waals surface area (Å²) in [7, 11) is 0. The Morgan fingerprint density at radius 2 is 1.93 bits per heavy atom. The van der Waals surface area contributed by atoms with Crippen LogP contribution in [0.1, 0.15) is 30.1 Å². The fourth-order valence-electron chi connectivity index (χ4n) is 3.35. The molecule has 1 fully saturated rings. The van der Waals surface area contributed by atoms with Crippen molar-refractivity contribution < 1.29 is 4.79 Å². The quantitative estimate of drug-likeness (QED) is 0.569. The predicted molar refractivity (Wildman–Crippen MR) is 123 cm³/mol. The highest BCUT2D eigenvalue weighted by atomic mass is 35.5.